The Morgan fingerprint density at radius 1 is 1.27 bits per heavy atom. The van der Waals surface area contributed by atoms with Gasteiger partial charge < -0.3 is 15.1 Å². The van der Waals surface area contributed by atoms with E-state index in [-0.39, 0.29) is 17.7 Å². The van der Waals surface area contributed by atoms with Gasteiger partial charge in [-0.3, -0.25) is 9.59 Å². The van der Waals surface area contributed by atoms with Crippen LogP contribution in [0.4, 0.5) is 5.13 Å². The molecule has 2 aliphatic rings. The van der Waals surface area contributed by atoms with E-state index in [1.807, 2.05) is 4.90 Å². The smallest absolute Gasteiger partial charge is 0.223 e. The first-order valence-electron chi connectivity index (χ1n) is 9.70. The number of hydrogen-bond acceptors (Lipinski definition) is 5. The highest BCUT2D eigenvalue weighted by atomic mass is 32.1. The highest BCUT2D eigenvalue weighted by Gasteiger charge is 2.29. The number of amides is 2. The van der Waals surface area contributed by atoms with Crippen molar-refractivity contribution in [1.29, 1.82) is 0 Å². The summed E-state index contributed by atoms with van der Waals surface area (Å²) in [6, 6.07) is 0. The molecule has 1 aromatic heterocycles. The Hall–Kier alpha value is -1.63. The molecule has 3 rings (SSSR count). The molecule has 1 saturated heterocycles. The van der Waals surface area contributed by atoms with Crippen LogP contribution in [0.3, 0.4) is 0 Å². The number of aromatic nitrogens is 1. The zero-order chi connectivity index (χ0) is 18.7. The first-order chi connectivity index (χ1) is 12.4. The van der Waals surface area contributed by atoms with Gasteiger partial charge in [0, 0.05) is 50.4 Å². The van der Waals surface area contributed by atoms with E-state index in [1.165, 1.54) is 10.6 Å². The van der Waals surface area contributed by atoms with Crippen molar-refractivity contribution in [3.8, 4) is 0 Å². The first-order valence-corrected chi connectivity index (χ1v) is 10.5. The Labute approximate surface area is 160 Å². The minimum atomic E-state index is 0.0810. The third kappa shape index (κ3) is 4.55. The Morgan fingerprint density at radius 2 is 2.00 bits per heavy atom. The summed E-state index contributed by atoms with van der Waals surface area (Å²) in [6.07, 6.45) is 3.62. The molecule has 0 aromatic carbocycles. The average Bonchev–Trinajstić information content (AvgIpc) is 3.04. The molecule has 0 radical (unpaired) electrons. The fraction of sp³-hybridized carbons (Fsp3) is 0.737. The molecule has 144 valence electrons. The summed E-state index contributed by atoms with van der Waals surface area (Å²) in [6.45, 7) is 9.96. The van der Waals surface area contributed by atoms with Gasteiger partial charge >= 0.3 is 0 Å². The van der Waals surface area contributed by atoms with Gasteiger partial charge in [-0.15, -0.1) is 11.3 Å². The zero-order valence-electron chi connectivity index (χ0n) is 16.1. The van der Waals surface area contributed by atoms with E-state index in [4.69, 9.17) is 4.98 Å². The van der Waals surface area contributed by atoms with Gasteiger partial charge in [-0.25, -0.2) is 4.98 Å². The van der Waals surface area contributed by atoms with Gasteiger partial charge in [0.15, 0.2) is 5.13 Å². The molecule has 0 saturated carbocycles. The summed E-state index contributed by atoms with van der Waals surface area (Å²) >= 11 is 1.73. The van der Waals surface area contributed by atoms with Crippen LogP contribution in [0.2, 0.25) is 0 Å². The maximum Gasteiger partial charge on any atom is 0.223 e. The van der Waals surface area contributed by atoms with Crippen LogP contribution in [0.5, 0.6) is 0 Å². The monoisotopic (exact) mass is 378 g/mol. The fourth-order valence-electron chi connectivity index (χ4n) is 3.56. The predicted octanol–water partition coefficient (Wildman–Crippen LogP) is 2.08. The maximum absolute atomic E-state index is 12.4. The van der Waals surface area contributed by atoms with Gasteiger partial charge in [0.05, 0.1) is 5.69 Å². The Bertz CT molecular complexity index is 650. The molecule has 1 aliphatic heterocycles. The van der Waals surface area contributed by atoms with Crippen LogP contribution in [-0.4, -0.2) is 54.4 Å². The molecule has 0 spiro atoms. The second kappa shape index (κ2) is 8.37. The number of piperazine rings is 1. The molecular weight excluding hydrogens is 348 g/mol. The minimum absolute atomic E-state index is 0.0810. The van der Waals surface area contributed by atoms with Crippen molar-refractivity contribution in [3.05, 3.63) is 10.6 Å². The number of hydrogen-bond donors (Lipinski definition) is 1. The number of aryl methyl sites for hydroxylation is 1. The van der Waals surface area contributed by atoms with Crippen LogP contribution in [0.1, 0.15) is 44.2 Å². The molecular formula is C19H30N4O2S. The SMILES string of the molecule is CC(=O)N1CCN(c2nc3c(s2)C[C@@H](C(=O)NCCC(C)C)CC3)CC1. The number of thiazole rings is 1. The molecule has 1 aliphatic carbocycles. The molecule has 2 amide bonds. The minimum Gasteiger partial charge on any atom is -0.356 e. The molecule has 1 fully saturated rings. The summed E-state index contributed by atoms with van der Waals surface area (Å²) in [5.41, 5.74) is 1.17. The van der Waals surface area contributed by atoms with Crippen molar-refractivity contribution >= 4 is 28.3 Å². The Morgan fingerprint density at radius 3 is 2.65 bits per heavy atom. The molecule has 0 unspecified atom stereocenters. The van der Waals surface area contributed by atoms with Crippen molar-refractivity contribution in [2.45, 2.75) is 46.5 Å². The number of nitrogens with one attached hydrogen (secondary N) is 1. The van der Waals surface area contributed by atoms with Crippen LogP contribution < -0.4 is 10.2 Å². The summed E-state index contributed by atoms with van der Waals surface area (Å²) in [5.74, 6) is 1.04. The second-order valence-electron chi connectivity index (χ2n) is 7.77. The van der Waals surface area contributed by atoms with Crippen molar-refractivity contribution in [2.24, 2.45) is 11.8 Å². The lowest BCUT2D eigenvalue weighted by molar-refractivity contribution is -0.129. The Kier molecular flexibility index (Phi) is 6.16. The number of carbonyl (C=O) groups excluding carboxylic acids is 2. The lowest BCUT2D eigenvalue weighted by Crippen LogP contribution is -2.48. The number of nitrogens with zero attached hydrogens (tertiary/aromatic N) is 3. The number of carbonyl (C=O) groups is 2. The maximum atomic E-state index is 12.4. The largest absolute Gasteiger partial charge is 0.356 e. The van der Waals surface area contributed by atoms with E-state index in [2.05, 4.69) is 24.1 Å². The molecule has 1 aromatic rings. The fourth-order valence-corrected chi connectivity index (χ4v) is 4.80. The summed E-state index contributed by atoms with van der Waals surface area (Å²) < 4.78 is 0. The lowest BCUT2D eigenvalue weighted by Gasteiger charge is -2.33. The second-order valence-corrected chi connectivity index (χ2v) is 8.83. The molecule has 2 heterocycles. The molecule has 1 N–H and O–H groups in total. The van der Waals surface area contributed by atoms with Crippen molar-refractivity contribution in [3.63, 3.8) is 0 Å². The van der Waals surface area contributed by atoms with Crippen molar-refractivity contribution < 1.29 is 9.59 Å². The van der Waals surface area contributed by atoms with Gasteiger partial charge in [-0.1, -0.05) is 13.8 Å². The quantitative estimate of drug-likeness (QED) is 0.852. The normalized spacial score (nSPS) is 20.2. The zero-order valence-corrected chi connectivity index (χ0v) is 16.9. The number of rotatable bonds is 5. The van der Waals surface area contributed by atoms with E-state index < -0.39 is 0 Å². The molecule has 7 heteroatoms. The van der Waals surface area contributed by atoms with Crippen LogP contribution in [0.25, 0.3) is 0 Å². The van der Waals surface area contributed by atoms with Gasteiger partial charge in [0.25, 0.3) is 0 Å². The van der Waals surface area contributed by atoms with Crippen LogP contribution in [0.15, 0.2) is 0 Å². The van der Waals surface area contributed by atoms with Crippen molar-refractivity contribution in [1.82, 2.24) is 15.2 Å². The molecule has 1 atom stereocenters. The van der Waals surface area contributed by atoms with Crippen LogP contribution >= 0.6 is 11.3 Å². The Balaban J connectivity index is 1.56. The van der Waals surface area contributed by atoms with Gasteiger partial charge in [-0.05, 0) is 31.6 Å². The summed E-state index contributed by atoms with van der Waals surface area (Å²) in [4.78, 5) is 34.2. The van der Waals surface area contributed by atoms with Gasteiger partial charge in [-0.2, -0.15) is 0 Å². The highest BCUT2D eigenvalue weighted by molar-refractivity contribution is 7.15. The molecule has 6 nitrogen and oxygen atoms in total. The lowest BCUT2D eigenvalue weighted by atomic mass is 9.90. The predicted molar refractivity (Wildman–Crippen MR) is 105 cm³/mol. The topological polar surface area (TPSA) is 65.5 Å². The third-order valence-electron chi connectivity index (χ3n) is 5.32. The summed E-state index contributed by atoms with van der Waals surface area (Å²) in [7, 11) is 0. The van der Waals surface area contributed by atoms with Gasteiger partial charge in [0.2, 0.25) is 11.8 Å². The van der Waals surface area contributed by atoms with Crippen LogP contribution in [0, 0.1) is 11.8 Å². The van der Waals surface area contributed by atoms with E-state index >= 15 is 0 Å². The third-order valence-corrected chi connectivity index (χ3v) is 6.50. The van der Waals surface area contributed by atoms with E-state index in [9.17, 15) is 9.59 Å². The van der Waals surface area contributed by atoms with Gasteiger partial charge in [0.1, 0.15) is 0 Å². The van der Waals surface area contributed by atoms with E-state index in [0.29, 0.717) is 5.92 Å². The number of anilines is 1. The van der Waals surface area contributed by atoms with Crippen molar-refractivity contribution in [2.75, 3.05) is 37.6 Å². The standard InChI is InChI=1S/C19H30N4O2S/c1-13(2)6-7-20-18(25)15-4-5-16-17(12-15)26-19(21-16)23-10-8-22(9-11-23)14(3)24/h13,15H,4-12H2,1-3H3,(H,20,25)/t15-/m0/s1. The molecule has 0 bridgehead atoms. The van der Waals surface area contributed by atoms with Crippen LogP contribution in [-0.2, 0) is 22.4 Å². The highest BCUT2D eigenvalue weighted by Crippen LogP contribution is 2.34. The first kappa shape index (κ1) is 19.1. The molecule has 26 heavy (non-hydrogen) atoms. The average molecular weight is 379 g/mol. The number of fused-ring (bicyclic) bond motifs is 1. The van der Waals surface area contributed by atoms with E-state index in [1.54, 1.807) is 18.3 Å². The summed E-state index contributed by atoms with van der Waals surface area (Å²) in [5, 5.41) is 4.15. The van der Waals surface area contributed by atoms with E-state index in [0.717, 1.165) is 63.5 Å².